The number of pyridine rings is 1. The Hall–Kier alpha value is -2.66. The summed E-state index contributed by atoms with van der Waals surface area (Å²) in [6.07, 6.45) is 1.59. The monoisotopic (exact) mass is 341 g/mol. The molecule has 0 fully saturated rings. The Morgan fingerprint density at radius 1 is 1.12 bits per heavy atom. The van der Waals surface area contributed by atoms with Crippen molar-refractivity contribution >= 4 is 33.9 Å². The maximum Gasteiger partial charge on any atom is 0.280 e. The number of nitrogens with zero attached hydrogens (tertiary/aromatic N) is 2. The maximum atomic E-state index is 11.4. The van der Waals surface area contributed by atoms with Crippen LogP contribution in [0.2, 0.25) is 5.02 Å². The highest BCUT2D eigenvalue weighted by Crippen LogP contribution is 2.33. The minimum absolute atomic E-state index is 0.0132. The lowest BCUT2D eigenvalue weighted by atomic mass is 10.0. The molecule has 0 unspecified atom stereocenters. The maximum absolute atomic E-state index is 11.4. The van der Waals surface area contributed by atoms with Crippen molar-refractivity contribution in [2.24, 2.45) is 0 Å². The van der Waals surface area contributed by atoms with Gasteiger partial charge in [-0.15, -0.1) is 0 Å². The van der Waals surface area contributed by atoms with Crippen molar-refractivity contribution in [2.75, 3.05) is 5.32 Å². The van der Waals surface area contributed by atoms with Crippen LogP contribution in [0.3, 0.4) is 0 Å². The second kappa shape index (κ2) is 6.45. The van der Waals surface area contributed by atoms with Gasteiger partial charge in [0.15, 0.2) is 0 Å². The highest BCUT2D eigenvalue weighted by atomic mass is 35.5. The number of aryl methyl sites for hydroxylation is 1. The number of benzene rings is 2. The number of halogens is 1. The fourth-order valence-corrected chi connectivity index (χ4v) is 2.87. The summed E-state index contributed by atoms with van der Waals surface area (Å²) in [5.74, 6) is 0.623. The molecule has 0 radical (unpaired) electrons. The van der Waals surface area contributed by atoms with Crippen LogP contribution in [0.1, 0.15) is 24.1 Å². The van der Waals surface area contributed by atoms with Gasteiger partial charge in [-0.2, -0.15) is 0 Å². The second-order valence-corrected chi connectivity index (χ2v) is 6.10. The van der Waals surface area contributed by atoms with E-state index in [-0.39, 0.29) is 16.7 Å². The van der Waals surface area contributed by atoms with E-state index in [1.54, 1.807) is 25.3 Å². The lowest BCUT2D eigenvalue weighted by Crippen LogP contribution is -2.08. The van der Waals surface area contributed by atoms with Gasteiger partial charge in [0.05, 0.1) is 10.3 Å². The summed E-state index contributed by atoms with van der Waals surface area (Å²) in [5, 5.41) is 16.7. The predicted molar refractivity (Wildman–Crippen MR) is 96.6 cm³/mol. The van der Waals surface area contributed by atoms with Crippen molar-refractivity contribution in [2.45, 2.75) is 19.9 Å². The highest BCUT2D eigenvalue weighted by molar-refractivity contribution is 6.30. The zero-order valence-electron chi connectivity index (χ0n) is 13.3. The van der Waals surface area contributed by atoms with Crippen molar-refractivity contribution < 1.29 is 4.92 Å². The van der Waals surface area contributed by atoms with Gasteiger partial charge in [0.1, 0.15) is 5.82 Å². The predicted octanol–water partition coefficient (Wildman–Crippen LogP) is 5.28. The Balaban J connectivity index is 2.02. The minimum Gasteiger partial charge on any atom is -0.363 e. The number of aromatic nitrogens is 1. The van der Waals surface area contributed by atoms with E-state index in [2.05, 4.69) is 10.3 Å². The first-order valence-electron chi connectivity index (χ1n) is 7.52. The van der Waals surface area contributed by atoms with Crippen molar-refractivity contribution in [1.29, 1.82) is 0 Å². The van der Waals surface area contributed by atoms with Crippen LogP contribution in [-0.2, 0) is 0 Å². The van der Waals surface area contributed by atoms with E-state index in [9.17, 15) is 10.1 Å². The zero-order valence-corrected chi connectivity index (χ0v) is 14.0. The van der Waals surface area contributed by atoms with Crippen molar-refractivity contribution in [3.05, 3.63) is 74.9 Å². The average molecular weight is 342 g/mol. The molecule has 1 aromatic heterocycles. The van der Waals surface area contributed by atoms with Gasteiger partial charge in [0.2, 0.25) is 0 Å². The molecule has 122 valence electrons. The lowest BCUT2D eigenvalue weighted by molar-refractivity contribution is -0.383. The van der Waals surface area contributed by atoms with Crippen LogP contribution in [0.25, 0.3) is 10.8 Å². The quantitative estimate of drug-likeness (QED) is 0.518. The molecule has 0 spiro atoms. The van der Waals surface area contributed by atoms with E-state index in [1.165, 1.54) is 0 Å². The number of hydrogen-bond donors (Lipinski definition) is 1. The standard InChI is InChI=1S/C18H16ClN3O2/c1-11-3-8-16-15(17(11)22(23)24)9-10-20-18(16)21-12(2)13-4-6-14(19)7-5-13/h3-10,12H,1-2H3,(H,20,21)/t12-/m1/s1. The van der Waals surface area contributed by atoms with Crippen LogP contribution in [0.4, 0.5) is 11.5 Å². The van der Waals surface area contributed by atoms with E-state index in [0.29, 0.717) is 21.8 Å². The summed E-state index contributed by atoms with van der Waals surface area (Å²) in [7, 11) is 0. The first-order chi connectivity index (χ1) is 11.5. The Kier molecular flexibility index (Phi) is 4.36. The van der Waals surface area contributed by atoms with Crippen LogP contribution in [0, 0.1) is 17.0 Å². The lowest BCUT2D eigenvalue weighted by Gasteiger charge is -2.16. The first kappa shape index (κ1) is 16.2. The fraction of sp³-hybridized carbons (Fsp3) is 0.167. The molecule has 0 saturated heterocycles. The number of hydrogen-bond acceptors (Lipinski definition) is 4. The molecular weight excluding hydrogens is 326 g/mol. The number of nitrogens with one attached hydrogen (secondary N) is 1. The van der Waals surface area contributed by atoms with E-state index < -0.39 is 0 Å². The molecular formula is C18H16ClN3O2. The van der Waals surface area contributed by atoms with Gasteiger partial charge in [-0.1, -0.05) is 29.8 Å². The molecule has 0 amide bonds. The molecule has 1 N–H and O–H groups in total. The molecule has 6 heteroatoms. The van der Waals surface area contributed by atoms with Crippen LogP contribution in [0.5, 0.6) is 0 Å². The first-order valence-corrected chi connectivity index (χ1v) is 7.90. The van der Waals surface area contributed by atoms with Crippen molar-refractivity contribution in [3.8, 4) is 0 Å². The molecule has 1 atom stereocenters. The molecule has 2 aromatic carbocycles. The number of nitro groups is 1. The normalized spacial score (nSPS) is 12.1. The highest BCUT2D eigenvalue weighted by Gasteiger charge is 2.18. The van der Waals surface area contributed by atoms with E-state index in [0.717, 1.165) is 10.9 Å². The molecule has 1 heterocycles. The summed E-state index contributed by atoms with van der Waals surface area (Å²) < 4.78 is 0. The molecule has 0 aliphatic rings. The third-order valence-corrected chi connectivity index (χ3v) is 4.28. The van der Waals surface area contributed by atoms with Gasteiger partial charge in [-0.3, -0.25) is 10.1 Å². The molecule has 0 aliphatic carbocycles. The zero-order chi connectivity index (χ0) is 17.3. The number of rotatable bonds is 4. The van der Waals surface area contributed by atoms with Crippen LogP contribution < -0.4 is 5.32 Å². The van der Waals surface area contributed by atoms with Gasteiger partial charge >= 0.3 is 0 Å². The largest absolute Gasteiger partial charge is 0.363 e. The Morgan fingerprint density at radius 3 is 2.50 bits per heavy atom. The molecule has 0 saturated carbocycles. The molecule has 24 heavy (non-hydrogen) atoms. The molecule has 3 aromatic rings. The summed E-state index contributed by atoms with van der Waals surface area (Å²) in [6.45, 7) is 3.74. The molecule has 3 rings (SSSR count). The van der Waals surface area contributed by atoms with Crippen LogP contribution in [-0.4, -0.2) is 9.91 Å². The Morgan fingerprint density at radius 2 is 1.83 bits per heavy atom. The number of nitro benzene ring substituents is 1. The van der Waals surface area contributed by atoms with Gasteiger partial charge in [0, 0.05) is 28.2 Å². The van der Waals surface area contributed by atoms with Crippen LogP contribution in [0.15, 0.2) is 48.7 Å². The van der Waals surface area contributed by atoms with Gasteiger partial charge < -0.3 is 5.32 Å². The van der Waals surface area contributed by atoms with Gasteiger partial charge in [-0.05, 0) is 43.7 Å². The average Bonchev–Trinajstić information content (AvgIpc) is 2.55. The Labute approximate surface area is 144 Å². The summed E-state index contributed by atoms with van der Waals surface area (Å²) >= 11 is 5.92. The van der Waals surface area contributed by atoms with E-state index >= 15 is 0 Å². The van der Waals surface area contributed by atoms with Crippen molar-refractivity contribution in [3.63, 3.8) is 0 Å². The third kappa shape index (κ3) is 3.03. The smallest absolute Gasteiger partial charge is 0.280 e. The third-order valence-electron chi connectivity index (χ3n) is 4.02. The minimum atomic E-state index is -0.343. The summed E-state index contributed by atoms with van der Waals surface area (Å²) in [4.78, 5) is 15.4. The van der Waals surface area contributed by atoms with Crippen LogP contribution >= 0.6 is 11.6 Å². The Bertz CT molecular complexity index is 910. The molecule has 5 nitrogen and oxygen atoms in total. The van der Waals surface area contributed by atoms with E-state index in [4.69, 9.17) is 11.6 Å². The number of fused-ring (bicyclic) bond motifs is 1. The van der Waals surface area contributed by atoms with Crippen molar-refractivity contribution in [1.82, 2.24) is 4.98 Å². The van der Waals surface area contributed by atoms with E-state index in [1.807, 2.05) is 37.3 Å². The van der Waals surface area contributed by atoms with Gasteiger partial charge in [0.25, 0.3) is 5.69 Å². The SMILES string of the molecule is Cc1ccc2c(N[C@H](C)c3ccc(Cl)cc3)nccc2c1[N+](=O)[O-]. The topological polar surface area (TPSA) is 68.1 Å². The van der Waals surface area contributed by atoms with Gasteiger partial charge in [-0.25, -0.2) is 4.98 Å². The molecule has 0 aliphatic heterocycles. The molecule has 0 bridgehead atoms. The fourth-order valence-electron chi connectivity index (χ4n) is 2.75. The number of anilines is 1. The second-order valence-electron chi connectivity index (χ2n) is 5.66. The summed E-state index contributed by atoms with van der Waals surface area (Å²) in [5.41, 5.74) is 1.81. The summed E-state index contributed by atoms with van der Waals surface area (Å²) in [6, 6.07) is 12.8.